The number of hydrogen-bond donors (Lipinski definition) is 2. The number of nitrogens with one attached hydrogen (secondary N) is 1. The van der Waals surface area contributed by atoms with Crippen molar-refractivity contribution in [1.29, 1.82) is 0 Å². The zero-order valence-corrected chi connectivity index (χ0v) is 4.42. The summed E-state index contributed by atoms with van der Waals surface area (Å²) >= 11 is 0. The van der Waals surface area contributed by atoms with E-state index in [4.69, 9.17) is 5.11 Å². The average molecular weight is 114 g/mol. The number of amides is 1. The number of carbonyl (C=O) groups excluding carboxylic acids is 1. The van der Waals surface area contributed by atoms with Crippen molar-refractivity contribution < 1.29 is 9.90 Å². The highest BCUT2D eigenvalue weighted by Gasteiger charge is 1.92. The van der Waals surface area contributed by atoms with Gasteiger partial charge in [-0.15, -0.1) is 6.58 Å². The smallest absolute Gasteiger partial charge is 0.309 e. The molecule has 0 spiro atoms. The van der Waals surface area contributed by atoms with Crippen LogP contribution in [0.1, 0.15) is 0 Å². The van der Waals surface area contributed by atoms with Gasteiger partial charge in [-0.2, -0.15) is 0 Å². The summed E-state index contributed by atoms with van der Waals surface area (Å²) in [7, 11) is 0. The van der Waals surface area contributed by atoms with Crippen molar-refractivity contribution in [1.82, 2.24) is 5.32 Å². The largest absolute Gasteiger partial charge is 0.387 e. The Labute approximate surface area is 48.0 Å². The zero-order chi connectivity index (χ0) is 6.41. The minimum atomic E-state index is -0.656. The zero-order valence-electron chi connectivity index (χ0n) is 4.42. The average Bonchev–Trinajstić information content (AvgIpc) is 1.83. The van der Waals surface area contributed by atoms with E-state index in [1.54, 1.807) is 0 Å². The summed E-state index contributed by atoms with van der Waals surface area (Å²) in [5.74, 6) is 0. The summed E-state index contributed by atoms with van der Waals surface area (Å²) in [6.45, 7) is 3.48. The SMILES string of the molecule is C=CC(O)CN[C]=O. The van der Waals surface area contributed by atoms with Crippen molar-refractivity contribution in [3.63, 3.8) is 0 Å². The molecule has 3 nitrogen and oxygen atoms in total. The second-order valence-electron chi connectivity index (χ2n) is 1.29. The lowest BCUT2D eigenvalue weighted by Gasteiger charge is -1.99. The molecule has 8 heavy (non-hydrogen) atoms. The quantitative estimate of drug-likeness (QED) is 0.371. The summed E-state index contributed by atoms with van der Waals surface area (Å²) in [6.07, 6.45) is 2.11. The van der Waals surface area contributed by atoms with Gasteiger partial charge >= 0.3 is 6.41 Å². The van der Waals surface area contributed by atoms with E-state index in [-0.39, 0.29) is 6.54 Å². The molecule has 1 radical (unpaired) electrons. The lowest BCUT2D eigenvalue weighted by Crippen LogP contribution is -2.23. The molecule has 0 aromatic rings. The fourth-order valence-corrected chi connectivity index (χ4v) is 0.230. The van der Waals surface area contributed by atoms with Crippen LogP contribution in [-0.4, -0.2) is 24.2 Å². The molecule has 1 atom stereocenters. The molecule has 0 fully saturated rings. The Morgan fingerprint density at radius 1 is 2.00 bits per heavy atom. The molecule has 1 unspecified atom stereocenters. The molecule has 45 valence electrons. The minimum Gasteiger partial charge on any atom is -0.387 e. The first kappa shape index (κ1) is 7.17. The number of aliphatic hydroxyl groups excluding tert-OH is 1. The summed E-state index contributed by atoms with van der Waals surface area (Å²) in [5.41, 5.74) is 0. The van der Waals surface area contributed by atoms with Gasteiger partial charge in [0, 0.05) is 6.54 Å². The fourth-order valence-electron chi connectivity index (χ4n) is 0.230. The lowest BCUT2D eigenvalue weighted by atomic mass is 10.3. The van der Waals surface area contributed by atoms with E-state index in [1.165, 1.54) is 12.5 Å². The lowest BCUT2D eigenvalue weighted by molar-refractivity contribution is 0.225. The van der Waals surface area contributed by atoms with E-state index >= 15 is 0 Å². The minimum absolute atomic E-state index is 0.188. The molecule has 0 rings (SSSR count). The molecular formula is C5H8NO2. The van der Waals surface area contributed by atoms with Gasteiger partial charge in [-0.3, -0.25) is 4.79 Å². The molecule has 0 heterocycles. The van der Waals surface area contributed by atoms with Gasteiger partial charge in [-0.1, -0.05) is 6.08 Å². The maximum atomic E-state index is 9.44. The van der Waals surface area contributed by atoms with Crippen LogP contribution in [0.15, 0.2) is 12.7 Å². The van der Waals surface area contributed by atoms with E-state index in [2.05, 4.69) is 11.9 Å². The van der Waals surface area contributed by atoms with Crippen LogP contribution in [0.25, 0.3) is 0 Å². The summed E-state index contributed by atoms with van der Waals surface area (Å²) in [5, 5.41) is 10.8. The third-order valence-corrected chi connectivity index (χ3v) is 0.655. The van der Waals surface area contributed by atoms with Crippen molar-refractivity contribution >= 4 is 6.41 Å². The van der Waals surface area contributed by atoms with Crippen LogP contribution in [0.2, 0.25) is 0 Å². The topological polar surface area (TPSA) is 49.3 Å². The summed E-state index contributed by atoms with van der Waals surface area (Å²) in [6, 6.07) is 0. The first-order valence-electron chi connectivity index (χ1n) is 2.22. The van der Waals surface area contributed by atoms with Gasteiger partial charge in [-0.05, 0) is 0 Å². The van der Waals surface area contributed by atoms with Crippen molar-refractivity contribution in [2.45, 2.75) is 6.10 Å². The normalized spacial score (nSPS) is 12.1. The molecule has 1 amide bonds. The molecule has 0 saturated carbocycles. The van der Waals surface area contributed by atoms with Gasteiger partial charge in [0.15, 0.2) is 0 Å². The Morgan fingerprint density at radius 3 is 3.00 bits per heavy atom. The van der Waals surface area contributed by atoms with Gasteiger partial charge in [0.1, 0.15) is 0 Å². The highest BCUT2D eigenvalue weighted by atomic mass is 16.3. The second-order valence-corrected chi connectivity index (χ2v) is 1.29. The molecule has 0 aliphatic heterocycles. The summed E-state index contributed by atoms with van der Waals surface area (Å²) in [4.78, 5) is 9.44. The van der Waals surface area contributed by atoms with Gasteiger partial charge in [-0.25, -0.2) is 0 Å². The van der Waals surface area contributed by atoms with E-state index in [0.29, 0.717) is 0 Å². The van der Waals surface area contributed by atoms with Crippen LogP contribution in [0.5, 0.6) is 0 Å². The highest BCUT2D eigenvalue weighted by molar-refractivity contribution is 5.47. The summed E-state index contributed by atoms with van der Waals surface area (Å²) < 4.78 is 0. The molecular weight excluding hydrogens is 106 g/mol. The van der Waals surface area contributed by atoms with Crippen molar-refractivity contribution in [3.05, 3.63) is 12.7 Å². The molecule has 0 aliphatic rings. The van der Waals surface area contributed by atoms with Crippen LogP contribution in [0.4, 0.5) is 0 Å². The third-order valence-electron chi connectivity index (χ3n) is 0.655. The Bertz CT molecular complexity index is 82.5. The van der Waals surface area contributed by atoms with Crippen LogP contribution in [0, 0.1) is 0 Å². The van der Waals surface area contributed by atoms with E-state index in [0.717, 1.165) is 0 Å². The van der Waals surface area contributed by atoms with Crippen molar-refractivity contribution in [2.75, 3.05) is 6.54 Å². The van der Waals surface area contributed by atoms with E-state index < -0.39 is 6.10 Å². The first-order valence-corrected chi connectivity index (χ1v) is 2.22. The van der Waals surface area contributed by atoms with Crippen LogP contribution in [-0.2, 0) is 4.79 Å². The Balaban J connectivity index is 3.09. The van der Waals surface area contributed by atoms with Crippen molar-refractivity contribution in [3.8, 4) is 0 Å². The molecule has 0 aliphatic carbocycles. The first-order chi connectivity index (χ1) is 3.81. The molecule has 3 heteroatoms. The molecule has 0 bridgehead atoms. The maximum Gasteiger partial charge on any atom is 0.309 e. The standard InChI is InChI=1S/C5H8NO2/c1-2-5(8)3-6-4-7/h2,5,8H,1,3H2,(H,6,7). The van der Waals surface area contributed by atoms with Gasteiger partial charge < -0.3 is 10.4 Å². The molecule has 2 N–H and O–H groups in total. The monoisotopic (exact) mass is 114 g/mol. The van der Waals surface area contributed by atoms with E-state index in [9.17, 15) is 4.79 Å². The van der Waals surface area contributed by atoms with Gasteiger partial charge in [0.2, 0.25) is 0 Å². The predicted molar refractivity (Wildman–Crippen MR) is 29.9 cm³/mol. The van der Waals surface area contributed by atoms with E-state index in [1.807, 2.05) is 0 Å². The van der Waals surface area contributed by atoms with Crippen LogP contribution in [0.3, 0.4) is 0 Å². The predicted octanol–water partition coefficient (Wildman–Crippen LogP) is -0.810. The fraction of sp³-hybridized carbons (Fsp3) is 0.400. The molecule has 0 aromatic carbocycles. The van der Waals surface area contributed by atoms with Gasteiger partial charge in [0.05, 0.1) is 6.10 Å². The van der Waals surface area contributed by atoms with Gasteiger partial charge in [0.25, 0.3) is 0 Å². The van der Waals surface area contributed by atoms with Crippen LogP contribution < -0.4 is 5.32 Å². The number of aliphatic hydroxyl groups is 1. The maximum absolute atomic E-state index is 9.44. The molecule has 0 saturated heterocycles. The highest BCUT2D eigenvalue weighted by Crippen LogP contribution is 1.76. The Morgan fingerprint density at radius 2 is 2.62 bits per heavy atom. The molecule has 0 aromatic heterocycles. The Kier molecular flexibility index (Phi) is 3.88. The third kappa shape index (κ3) is 3.36. The number of hydrogen-bond acceptors (Lipinski definition) is 2. The van der Waals surface area contributed by atoms with Crippen LogP contribution >= 0.6 is 0 Å². The second kappa shape index (κ2) is 4.33. The Hall–Kier alpha value is -0.830. The van der Waals surface area contributed by atoms with Crippen molar-refractivity contribution in [2.24, 2.45) is 0 Å². The number of rotatable bonds is 4.